The first-order chi connectivity index (χ1) is 7.77. The molecule has 1 aromatic heterocycles. The van der Waals surface area contributed by atoms with Crippen molar-refractivity contribution in [3.63, 3.8) is 0 Å². The first-order valence-corrected chi connectivity index (χ1v) is 5.77. The molecule has 0 spiro atoms. The van der Waals surface area contributed by atoms with E-state index < -0.39 is 0 Å². The van der Waals surface area contributed by atoms with Gasteiger partial charge in [-0.3, -0.25) is 14.8 Å². The Hall–Kier alpha value is -1.36. The van der Waals surface area contributed by atoms with Crippen LogP contribution >= 0.6 is 0 Å². The smallest absolute Gasteiger partial charge is 0.254 e. The molecule has 2 rings (SSSR count). The van der Waals surface area contributed by atoms with E-state index in [0.29, 0.717) is 11.6 Å². The van der Waals surface area contributed by atoms with E-state index in [0.717, 1.165) is 25.2 Å². The van der Waals surface area contributed by atoms with Crippen LogP contribution in [0, 0.1) is 0 Å². The maximum atomic E-state index is 11.7. The van der Waals surface area contributed by atoms with E-state index >= 15 is 0 Å². The summed E-state index contributed by atoms with van der Waals surface area (Å²) in [6, 6.07) is 0.319. The number of likely N-dealkylation sites (tertiary alicyclic amines) is 1. The molecule has 0 radical (unpaired) electrons. The number of hydrogen-bond acceptors (Lipinski definition) is 3. The molecule has 88 valence electrons. The zero-order valence-corrected chi connectivity index (χ0v) is 9.79. The Balaban J connectivity index is 2.26. The van der Waals surface area contributed by atoms with Crippen molar-refractivity contribution in [3.05, 3.63) is 17.5 Å². The van der Waals surface area contributed by atoms with E-state index in [2.05, 4.69) is 27.3 Å². The predicted molar refractivity (Wildman–Crippen MR) is 61.2 cm³/mol. The van der Waals surface area contributed by atoms with Gasteiger partial charge in [0.2, 0.25) is 0 Å². The highest BCUT2D eigenvalue weighted by molar-refractivity contribution is 5.95. The van der Waals surface area contributed by atoms with Gasteiger partial charge in [0.15, 0.2) is 0 Å². The van der Waals surface area contributed by atoms with E-state index in [9.17, 15) is 4.79 Å². The average molecular weight is 222 g/mol. The van der Waals surface area contributed by atoms with Crippen molar-refractivity contribution in [1.29, 1.82) is 0 Å². The van der Waals surface area contributed by atoms with Crippen molar-refractivity contribution in [3.8, 4) is 0 Å². The number of carbonyl (C=O) groups excluding carboxylic acids is 1. The Morgan fingerprint density at radius 1 is 1.75 bits per heavy atom. The number of nitrogens with one attached hydrogen (secondary N) is 2. The number of aromatic amines is 1. The van der Waals surface area contributed by atoms with Crippen LogP contribution < -0.4 is 5.32 Å². The van der Waals surface area contributed by atoms with Gasteiger partial charge in [-0.15, -0.1) is 0 Å². The maximum Gasteiger partial charge on any atom is 0.254 e. The van der Waals surface area contributed by atoms with Crippen LogP contribution in [0.4, 0.5) is 0 Å². The van der Waals surface area contributed by atoms with Crippen molar-refractivity contribution in [2.24, 2.45) is 0 Å². The molecule has 1 amide bonds. The van der Waals surface area contributed by atoms with Gasteiger partial charge in [-0.05, 0) is 25.9 Å². The molecule has 0 aliphatic carbocycles. The Labute approximate surface area is 95.2 Å². The Morgan fingerprint density at radius 2 is 2.56 bits per heavy atom. The molecule has 1 saturated heterocycles. The van der Waals surface area contributed by atoms with Crippen LogP contribution in [0.5, 0.6) is 0 Å². The number of carbonyl (C=O) groups is 1. The van der Waals surface area contributed by atoms with Crippen LogP contribution in [0.2, 0.25) is 0 Å². The number of aromatic nitrogens is 2. The Bertz CT molecular complexity index is 374. The van der Waals surface area contributed by atoms with Gasteiger partial charge in [-0.2, -0.15) is 5.10 Å². The van der Waals surface area contributed by atoms with E-state index in [1.165, 1.54) is 6.42 Å². The summed E-state index contributed by atoms with van der Waals surface area (Å²) in [6.07, 6.45) is 3.89. The highest BCUT2D eigenvalue weighted by atomic mass is 16.1. The second-order valence-electron chi connectivity index (χ2n) is 4.06. The van der Waals surface area contributed by atoms with Crippen LogP contribution in [0.25, 0.3) is 0 Å². The van der Waals surface area contributed by atoms with Gasteiger partial charge in [-0.1, -0.05) is 6.92 Å². The summed E-state index contributed by atoms with van der Waals surface area (Å²) in [5.74, 6) is -0.0632. The highest BCUT2D eigenvalue weighted by Crippen LogP contribution is 2.31. The lowest BCUT2D eigenvalue weighted by atomic mass is 10.1. The molecule has 2 N–H and O–H groups in total. The molecule has 0 aromatic carbocycles. The van der Waals surface area contributed by atoms with E-state index in [4.69, 9.17) is 0 Å². The molecule has 5 nitrogen and oxygen atoms in total. The second-order valence-corrected chi connectivity index (χ2v) is 4.06. The van der Waals surface area contributed by atoms with Crippen molar-refractivity contribution in [1.82, 2.24) is 20.4 Å². The molecule has 2 heterocycles. The van der Waals surface area contributed by atoms with Crippen molar-refractivity contribution in [2.75, 3.05) is 20.1 Å². The van der Waals surface area contributed by atoms with Crippen LogP contribution in [0.15, 0.2) is 6.20 Å². The zero-order chi connectivity index (χ0) is 11.5. The summed E-state index contributed by atoms with van der Waals surface area (Å²) < 4.78 is 0. The fraction of sp³-hybridized carbons (Fsp3) is 0.636. The van der Waals surface area contributed by atoms with Crippen molar-refractivity contribution >= 4 is 5.91 Å². The average Bonchev–Trinajstić information content (AvgIpc) is 2.94. The monoisotopic (exact) mass is 222 g/mol. The molecule has 1 aliphatic heterocycles. The number of hydrogen-bond donors (Lipinski definition) is 2. The van der Waals surface area contributed by atoms with Crippen LogP contribution in [0.1, 0.15) is 41.9 Å². The summed E-state index contributed by atoms with van der Waals surface area (Å²) in [5.41, 5.74) is 1.63. The normalized spacial score (nSPS) is 21.2. The largest absolute Gasteiger partial charge is 0.355 e. The lowest BCUT2D eigenvalue weighted by molar-refractivity contribution is 0.0960. The molecule has 16 heavy (non-hydrogen) atoms. The summed E-state index contributed by atoms with van der Waals surface area (Å²) in [7, 11) is 1.64. The van der Waals surface area contributed by atoms with Gasteiger partial charge in [0, 0.05) is 7.05 Å². The molecule has 0 bridgehead atoms. The topological polar surface area (TPSA) is 61.0 Å². The van der Waals surface area contributed by atoms with E-state index in [1.54, 1.807) is 13.2 Å². The fourth-order valence-electron chi connectivity index (χ4n) is 2.40. The zero-order valence-electron chi connectivity index (χ0n) is 9.79. The molecule has 1 aliphatic rings. The van der Waals surface area contributed by atoms with Crippen LogP contribution in [-0.2, 0) is 0 Å². The minimum absolute atomic E-state index is 0.0632. The van der Waals surface area contributed by atoms with Gasteiger partial charge in [0.25, 0.3) is 5.91 Å². The predicted octanol–water partition coefficient (Wildman–Crippen LogP) is 0.926. The molecule has 0 saturated carbocycles. The number of nitrogens with zero attached hydrogens (tertiary/aromatic N) is 2. The van der Waals surface area contributed by atoms with Gasteiger partial charge in [-0.25, -0.2) is 0 Å². The molecule has 0 unspecified atom stereocenters. The van der Waals surface area contributed by atoms with Gasteiger partial charge < -0.3 is 5.32 Å². The van der Waals surface area contributed by atoms with E-state index in [-0.39, 0.29) is 5.91 Å². The summed E-state index contributed by atoms with van der Waals surface area (Å²) >= 11 is 0. The lowest BCUT2D eigenvalue weighted by Crippen LogP contribution is -2.26. The summed E-state index contributed by atoms with van der Waals surface area (Å²) in [4.78, 5) is 14.0. The van der Waals surface area contributed by atoms with Gasteiger partial charge >= 0.3 is 0 Å². The molecule has 1 atom stereocenters. The van der Waals surface area contributed by atoms with E-state index in [1.807, 2.05) is 0 Å². The Morgan fingerprint density at radius 3 is 3.25 bits per heavy atom. The SMILES string of the molecule is CCN1CCC[C@H]1c1[nH]ncc1C(=O)NC. The third kappa shape index (κ3) is 1.82. The molecular weight excluding hydrogens is 204 g/mol. The minimum Gasteiger partial charge on any atom is -0.355 e. The van der Waals surface area contributed by atoms with Crippen LogP contribution in [-0.4, -0.2) is 41.1 Å². The van der Waals surface area contributed by atoms with Gasteiger partial charge in [0.1, 0.15) is 0 Å². The van der Waals surface area contributed by atoms with Crippen molar-refractivity contribution < 1.29 is 4.79 Å². The highest BCUT2D eigenvalue weighted by Gasteiger charge is 2.29. The number of amides is 1. The quantitative estimate of drug-likeness (QED) is 0.799. The standard InChI is InChI=1S/C11H18N4O/c1-3-15-6-4-5-9(15)10-8(7-13-14-10)11(16)12-2/h7,9H,3-6H2,1-2H3,(H,12,16)(H,13,14)/t9-/m0/s1. The van der Waals surface area contributed by atoms with Gasteiger partial charge in [0.05, 0.1) is 23.5 Å². The van der Waals surface area contributed by atoms with Crippen molar-refractivity contribution in [2.45, 2.75) is 25.8 Å². The first kappa shape index (κ1) is 11.1. The number of rotatable bonds is 3. The summed E-state index contributed by atoms with van der Waals surface area (Å²) in [5, 5.41) is 9.61. The number of H-pyrrole nitrogens is 1. The fourth-order valence-corrected chi connectivity index (χ4v) is 2.40. The lowest BCUT2D eigenvalue weighted by Gasteiger charge is -2.22. The molecule has 1 fully saturated rings. The Kier molecular flexibility index (Phi) is 3.24. The second kappa shape index (κ2) is 4.65. The molecular formula is C11H18N4O. The molecule has 5 heteroatoms. The third-order valence-electron chi connectivity index (χ3n) is 3.24. The maximum absolute atomic E-state index is 11.7. The first-order valence-electron chi connectivity index (χ1n) is 5.77. The third-order valence-corrected chi connectivity index (χ3v) is 3.24. The molecule has 1 aromatic rings. The van der Waals surface area contributed by atoms with Crippen LogP contribution in [0.3, 0.4) is 0 Å². The summed E-state index contributed by atoms with van der Waals surface area (Å²) in [6.45, 7) is 4.26. The minimum atomic E-state index is -0.0632.